The first-order valence-corrected chi connectivity index (χ1v) is 18.5. The first kappa shape index (κ1) is 32.8. The first-order chi connectivity index (χ1) is 20.5. The second kappa shape index (κ2) is 11.2. The molecular formula is C35H51F3O5S. The van der Waals surface area contributed by atoms with E-state index in [4.69, 9.17) is 4.74 Å². The lowest BCUT2D eigenvalue weighted by Crippen LogP contribution is -2.59. The van der Waals surface area contributed by atoms with Gasteiger partial charge < -0.3 is 14.9 Å². The van der Waals surface area contributed by atoms with Gasteiger partial charge in [-0.25, -0.2) is 8.42 Å². The highest BCUT2D eigenvalue weighted by Crippen LogP contribution is 2.69. The number of sulfone groups is 1. The van der Waals surface area contributed by atoms with Crippen LogP contribution in [0.15, 0.2) is 35.2 Å². The lowest BCUT2D eigenvalue weighted by Gasteiger charge is -2.62. The Morgan fingerprint density at radius 1 is 0.886 bits per heavy atom. The van der Waals surface area contributed by atoms with Crippen molar-refractivity contribution >= 4 is 9.84 Å². The molecule has 0 amide bonds. The van der Waals surface area contributed by atoms with Crippen LogP contribution in [0.5, 0.6) is 0 Å². The van der Waals surface area contributed by atoms with Gasteiger partial charge in [0, 0.05) is 13.2 Å². The van der Waals surface area contributed by atoms with Crippen molar-refractivity contribution in [2.24, 2.45) is 46.3 Å². The third-order valence-electron chi connectivity index (χ3n) is 14.0. The molecule has 0 bridgehead atoms. The smallest absolute Gasteiger partial charge is 0.390 e. The Morgan fingerprint density at radius 2 is 1.55 bits per heavy atom. The highest BCUT2D eigenvalue weighted by atomic mass is 32.2. The van der Waals surface area contributed by atoms with Crippen molar-refractivity contribution in [2.45, 2.75) is 125 Å². The van der Waals surface area contributed by atoms with Crippen molar-refractivity contribution in [1.29, 1.82) is 0 Å². The molecule has 1 unspecified atom stereocenters. The summed E-state index contributed by atoms with van der Waals surface area (Å²) in [5, 5.41) is 21.4. The molecule has 5 aliphatic rings. The summed E-state index contributed by atoms with van der Waals surface area (Å²) in [4.78, 5) is 0.304. The molecule has 1 aromatic rings. The zero-order chi connectivity index (χ0) is 31.8. The van der Waals surface area contributed by atoms with Gasteiger partial charge in [-0.15, -0.1) is 0 Å². The van der Waals surface area contributed by atoms with E-state index in [0.717, 1.165) is 32.1 Å². The maximum absolute atomic E-state index is 14.3. The average molecular weight is 641 g/mol. The number of benzene rings is 1. The number of alkyl halides is 3. The second-order valence-corrected chi connectivity index (χ2v) is 18.1. The molecule has 0 spiro atoms. The number of halogens is 3. The van der Waals surface area contributed by atoms with Crippen LogP contribution in [-0.2, 0) is 14.6 Å². The number of fused-ring (bicyclic) bond motifs is 5. The Bertz CT molecular complexity index is 1300. The van der Waals surface area contributed by atoms with Crippen LogP contribution in [0.25, 0.3) is 0 Å². The molecule has 1 heterocycles. The Morgan fingerprint density at radius 3 is 2.20 bits per heavy atom. The van der Waals surface area contributed by atoms with E-state index < -0.39 is 32.5 Å². The minimum absolute atomic E-state index is 0.0616. The third kappa shape index (κ3) is 5.28. The summed E-state index contributed by atoms with van der Waals surface area (Å²) in [6.45, 7) is 7.49. The lowest BCUT2D eigenvalue weighted by atomic mass is 9.43. The predicted molar refractivity (Wildman–Crippen MR) is 162 cm³/mol. The van der Waals surface area contributed by atoms with Crippen molar-refractivity contribution in [3.63, 3.8) is 0 Å². The van der Waals surface area contributed by atoms with Gasteiger partial charge in [-0.2, -0.15) is 13.2 Å². The van der Waals surface area contributed by atoms with E-state index in [0.29, 0.717) is 61.5 Å². The van der Waals surface area contributed by atoms with Gasteiger partial charge in [0.05, 0.1) is 15.7 Å². The molecule has 4 saturated carbocycles. The fourth-order valence-electron chi connectivity index (χ4n) is 11.4. The molecule has 6 rings (SSSR count). The Balaban J connectivity index is 1.26. The van der Waals surface area contributed by atoms with Gasteiger partial charge in [-0.1, -0.05) is 39.0 Å². The quantitative estimate of drug-likeness (QED) is 0.340. The summed E-state index contributed by atoms with van der Waals surface area (Å²) < 4.78 is 75.6. The van der Waals surface area contributed by atoms with Crippen LogP contribution in [0.4, 0.5) is 13.2 Å². The fourth-order valence-corrected chi connectivity index (χ4v) is 13.5. The van der Waals surface area contributed by atoms with Gasteiger partial charge in [-0.05, 0) is 136 Å². The third-order valence-corrected chi connectivity index (χ3v) is 16.3. The van der Waals surface area contributed by atoms with Crippen LogP contribution >= 0.6 is 0 Å². The van der Waals surface area contributed by atoms with Crippen LogP contribution in [0, 0.1) is 46.3 Å². The zero-order valence-electron chi connectivity index (χ0n) is 26.5. The van der Waals surface area contributed by atoms with E-state index in [1.165, 1.54) is 0 Å². The molecule has 44 heavy (non-hydrogen) atoms. The van der Waals surface area contributed by atoms with Crippen molar-refractivity contribution in [1.82, 2.24) is 0 Å². The van der Waals surface area contributed by atoms with Crippen LogP contribution in [0.3, 0.4) is 0 Å². The van der Waals surface area contributed by atoms with Crippen molar-refractivity contribution in [3.8, 4) is 0 Å². The normalized spacial score (nSPS) is 42.0. The number of hydrogen-bond acceptors (Lipinski definition) is 5. The molecule has 0 aromatic heterocycles. The Labute approximate surface area is 261 Å². The number of ether oxygens (including phenoxy) is 1. The van der Waals surface area contributed by atoms with Gasteiger partial charge in [0.15, 0.2) is 15.4 Å². The molecule has 0 radical (unpaired) electrons. The number of aliphatic hydroxyl groups is 2. The molecule has 4 aliphatic carbocycles. The average Bonchev–Trinajstić information content (AvgIpc) is 3.33. The topological polar surface area (TPSA) is 83.8 Å². The van der Waals surface area contributed by atoms with E-state index >= 15 is 0 Å². The van der Waals surface area contributed by atoms with Crippen LogP contribution in [0.2, 0.25) is 0 Å². The monoisotopic (exact) mass is 640 g/mol. The summed E-state index contributed by atoms with van der Waals surface area (Å²) in [6, 6.07) is 8.65. The molecule has 2 N–H and O–H groups in total. The van der Waals surface area contributed by atoms with Gasteiger partial charge in [0.25, 0.3) is 0 Å². The maximum atomic E-state index is 14.3. The molecule has 1 aliphatic heterocycles. The van der Waals surface area contributed by atoms with Gasteiger partial charge >= 0.3 is 6.18 Å². The zero-order valence-corrected chi connectivity index (χ0v) is 27.3. The van der Waals surface area contributed by atoms with E-state index in [1.54, 1.807) is 24.3 Å². The molecule has 5 fully saturated rings. The van der Waals surface area contributed by atoms with Gasteiger partial charge in [0.2, 0.25) is 0 Å². The fraction of sp³-hybridized carbons (Fsp3) is 0.829. The molecule has 5 nitrogen and oxygen atoms in total. The highest BCUT2D eigenvalue weighted by Gasteiger charge is 2.65. The summed E-state index contributed by atoms with van der Waals surface area (Å²) in [5.74, 6) is 1.02. The standard InChI is InChI=1S/C35H51F3O5S/c1-23(30(22-33(39)17-19-43-20-18-33)44(41,42)25-7-5-4-6-8-25)27-11-12-28-26-10-9-24-21-34(40,35(36,37)38)16-15-31(24,2)29(26)13-14-32(27,28)3/h4-8,23-24,26-30,39-40H,9-22H2,1-3H3/t23-,24-,26-,27+,28-,29-,30?,31-,32+,34-/m0/s1. The van der Waals surface area contributed by atoms with E-state index in [-0.39, 0.29) is 47.8 Å². The maximum Gasteiger partial charge on any atom is 0.417 e. The Kier molecular flexibility index (Phi) is 8.36. The number of hydrogen-bond donors (Lipinski definition) is 2. The largest absolute Gasteiger partial charge is 0.417 e. The molecule has 248 valence electrons. The summed E-state index contributed by atoms with van der Waals surface area (Å²) in [7, 11) is -3.73. The Hall–Kier alpha value is -1.16. The number of rotatable bonds is 6. The van der Waals surface area contributed by atoms with Gasteiger partial charge in [0.1, 0.15) is 0 Å². The van der Waals surface area contributed by atoms with Crippen LogP contribution in [0.1, 0.15) is 97.8 Å². The van der Waals surface area contributed by atoms with Crippen LogP contribution in [-0.4, -0.2) is 54.5 Å². The highest BCUT2D eigenvalue weighted by molar-refractivity contribution is 7.92. The SMILES string of the molecule is C[C@H](C(CC1(O)CCOCC1)S(=O)(=O)c1ccccc1)[C@H]1CC[C@H]2[C@@H]3CC[C@H]4C[C@](O)(C(F)(F)F)CC[C@]4(C)[C@H]3CC[C@]12C. The van der Waals surface area contributed by atoms with Gasteiger partial charge in [-0.3, -0.25) is 0 Å². The lowest BCUT2D eigenvalue weighted by molar-refractivity contribution is -0.290. The van der Waals surface area contributed by atoms with Crippen molar-refractivity contribution < 1.29 is 36.5 Å². The second-order valence-electron chi connectivity index (χ2n) is 15.9. The minimum Gasteiger partial charge on any atom is -0.390 e. The minimum atomic E-state index is -4.60. The van der Waals surface area contributed by atoms with E-state index in [1.807, 2.05) is 6.07 Å². The molecular weight excluding hydrogens is 589 g/mol. The van der Waals surface area contributed by atoms with Crippen molar-refractivity contribution in [2.75, 3.05) is 13.2 Å². The van der Waals surface area contributed by atoms with Crippen molar-refractivity contribution in [3.05, 3.63) is 30.3 Å². The van der Waals surface area contributed by atoms with E-state index in [9.17, 15) is 31.8 Å². The molecule has 10 atom stereocenters. The molecule has 1 saturated heterocycles. The predicted octanol–water partition coefficient (Wildman–Crippen LogP) is 7.35. The summed E-state index contributed by atoms with van der Waals surface area (Å²) >= 11 is 0. The molecule has 1 aromatic carbocycles. The summed E-state index contributed by atoms with van der Waals surface area (Å²) in [6.07, 6.45) is 1.86. The molecule has 9 heteroatoms. The first-order valence-electron chi connectivity index (χ1n) is 16.9. The van der Waals surface area contributed by atoms with Crippen LogP contribution < -0.4 is 0 Å². The summed E-state index contributed by atoms with van der Waals surface area (Å²) in [5.41, 5.74) is -3.93. The van der Waals surface area contributed by atoms with E-state index in [2.05, 4.69) is 20.8 Å².